The average Bonchev–Trinajstić information content (AvgIpc) is 2.39. The topological polar surface area (TPSA) is 18.5 Å². The molecule has 106 valence electrons. The summed E-state index contributed by atoms with van der Waals surface area (Å²) in [5.41, 5.74) is 4.44. The van der Waals surface area contributed by atoms with E-state index in [-0.39, 0.29) is 0 Å². The normalized spacial score (nSPS) is 16.3. The molecule has 0 saturated heterocycles. The van der Waals surface area contributed by atoms with Crippen LogP contribution in [-0.2, 0) is 13.0 Å². The van der Waals surface area contributed by atoms with Gasteiger partial charge >= 0.3 is 0 Å². The smallest absolute Gasteiger partial charge is 0.0417 e. The van der Waals surface area contributed by atoms with Crippen LogP contribution in [0.2, 0.25) is 0 Å². The third-order valence-corrected chi connectivity index (χ3v) is 3.93. The SMILES string of the molecule is CCN(c1cccc2c1CNCC2)C(C)CN(C)C. The number of anilines is 1. The predicted octanol–water partition coefficient (Wildman–Crippen LogP) is 2.11. The molecule has 0 fully saturated rings. The Bertz CT molecular complexity index is 414. The molecule has 1 atom stereocenters. The maximum absolute atomic E-state index is 3.50. The molecule has 0 aromatic heterocycles. The van der Waals surface area contributed by atoms with Crippen LogP contribution in [0, 0.1) is 0 Å². The lowest BCUT2D eigenvalue weighted by Crippen LogP contribution is -2.41. The van der Waals surface area contributed by atoms with Crippen molar-refractivity contribution in [2.24, 2.45) is 0 Å². The maximum Gasteiger partial charge on any atom is 0.0417 e. The molecule has 0 aliphatic carbocycles. The van der Waals surface area contributed by atoms with Crippen molar-refractivity contribution >= 4 is 5.69 Å². The molecule has 1 heterocycles. The zero-order chi connectivity index (χ0) is 13.8. The fourth-order valence-corrected chi connectivity index (χ4v) is 3.11. The van der Waals surface area contributed by atoms with Crippen LogP contribution >= 0.6 is 0 Å². The first-order chi connectivity index (χ1) is 9.13. The van der Waals surface area contributed by atoms with Crippen molar-refractivity contribution in [1.82, 2.24) is 10.2 Å². The zero-order valence-electron chi connectivity index (χ0n) is 12.7. The highest BCUT2D eigenvalue weighted by molar-refractivity contribution is 5.58. The monoisotopic (exact) mass is 261 g/mol. The van der Waals surface area contributed by atoms with E-state index in [1.807, 2.05) is 0 Å². The molecule has 0 spiro atoms. The summed E-state index contributed by atoms with van der Waals surface area (Å²) in [4.78, 5) is 4.80. The summed E-state index contributed by atoms with van der Waals surface area (Å²) >= 11 is 0. The van der Waals surface area contributed by atoms with Gasteiger partial charge in [0.25, 0.3) is 0 Å². The molecule has 1 aromatic carbocycles. The Morgan fingerprint density at radius 3 is 2.79 bits per heavy atom. The Labute approximate surface area is 117 Å². The minimum atomic E-state index is 0.536. The first-order valence-corrected chi connectivity index (χ1v) is 7.36. The number of nitrogens with zero attached hydrogens (tertiary/aromatic N) is 2. The van der Waals surface area contributed by atoms with Gasteiger partial charge in [0.2, 0.25) is 0 Å². The number of benzene rings is 1. The minimum absolute atomic E-state index is 0.536. The second-order valence-corrected chi connectivity index (χ2v) is 5.74. The van der Waals surface area contributed by atoms with Gasteiger partial charge in [-0.3, -0.25) is 0 Å². The first-order valence-electron chi connectivity index (χ1n) is 7.36. The Morgan fingerprint density at radius 1 is 1.32 bits per heavy atom. The van der Waals surface area contributed by atoms with Gasteiger partial charge in [0.05, 0.1) is 0 Å². The van der Waals surface area contributed by atoms with E-state index in [0.29, 0.717) is 6.04 Å². The lowest BCUT2D eigenvalue weighted by atomic mass is 9.98. The predicted molar refractivity (Wildman–Crippen MR) is 82.9 cm³/mol. The molecule has 1 unspecified atom stereocenters. The van der Waals surface area contributed by atoms with Crippen molar-refractivity contribution in [3.05, 3.63) is 29.3 Å². The van der Waals surface area contributed by atoms with E-state index in [1.54, 1.807) is 0 Å². The van der Waals surface area contributed by atoms with Crippen LogP contribution < -0.4 is 10.2 Å². The van der Waals surface area contributed by atoms with Gasteiger partial charge in [-0.2, -0.15) is 0 Å². The lowest BCUT2D eigenvalue weighted by molar-refractivity contribution is 0.372. The number of hydrogen-bond donors (Lipinski definition) is 1. The fourth-order valence-electron chi connectivity index (χ4n) is 3.11. The highest BCUT2D eigenvalue weighted by Gasteiger charge is 2.19. The number of rotatable bonds is 5. The molecule has 0 bridgehead atoms. The van der Waals surface area contributed by atoms with Crippen molar-refractivity contribution in [2.45, 2.75) is 32.9 Å². The van der Waals surface area contributed by atoms with Crippen LogP contribution in [0.1, 0.15) is 25.0 Å². The van der Waals surface area contributed by atoms with Crippen LogP contribution in [0.5, 0.6) is 0 Å². The van der Waals surface area contributed by atoms with Gasteiger partial charge in [0, 0.05) is 31.4 Å². The van der Waals surface area contributed by atoms with Gasteiger partial charge in [0.1, 0.15) is 0 Å². The number of nitrogens with one attached hydrogen (secondary N) is 1. The Balaban J connectivity index is 2.27. The average molecular weight is 261 g/mol. The summed E-state index contributed by atoms with van der Waals surface area (Å²) in [6.45, 7) is 8.84. The first kappa shape index (κ1) is 14.4. The molecule has 3 heteroatoms. The van der Waals surface area contributed by atoms with Crippen molar-refractivity contribution in [3.63, 3.8) is 0 Å². The zero-order valence-corrected chi connectivity index (χ0v) is 12.7. The molecule has 1 aliphatic rings. The highest BCUT2D eigenvalue weighted by atomic mass is 15.2. The van der Waals surface area contributed by atoms with Crippen LogP contribution in [0.3, 0.4) is 0 Å². The van der Waals surface area contributed by atoms with E-state index < -0.39 is 0 Å². The maximum atomic E-state index is 3.50. The van der Waals surface area contributed by atoms with Crippen LogP contribution in [0.25, 0.3) is 0 Å². The van der Waals surface area contributed by atoms with Crippen molar-refractivity contribution in [3.8, 4) is 0 Å². The van der Waals surface area contributed by atoms with Crippen LogP contribution in [0.15, 0.2) is 18.2 Å². The third-order valence-electron chi connectivity index (χ3n) is 3.93. The fraction of sp³-hybridized carbons (Fsp3) is 0.625. The molecule has 1 aromatic rings. The van der Waals surface area contributed by atoms with E-state index in [0.717, 1.165) is 32.6 Å². The van der Waals surface area contributed by atoms with Gasteiger partial charge in [-0.05, 0) is 58.1 Å². The summed E-state index contributed by atoms with van der Waals surface area (Å²) in [6, 6.07) is 7.31. The quantitative estimate of drug-likeness (QED) is 0.876. The van der Waals surface area contributed by atoms with Gasteiger partial charge < -0.3 is 15.1 Å². The van der Waals surface area contributed by atoms with Crippen molar-refractivity contribution < 1.29 is 0 Å². The molecule has 1 aliphatic heterocycles. The molecule has 0 radical (unpaired) electrons. The Morgan fingerprint density at radius 2 is 2.11 bits per heavy atom. The van der Waals surface area contributed by atoms with E-state index >= 15 is 0 Å². The van der Waals surface area contributed by atoms with Crippen molar-refractivity contribution in [1.29, 1.82) is 0 Å². The second-order valence-electron chi connectivity index (χ2n) is 5.74. The molecular formula is C16H27N3. The summed E-state index contributed by atoms with van der Waals surface area (Å²) in [7, 11) is 4.29. The third kappa shape index (κ3) is 3.28. The Hall–Kier alpha value is -1.06. The molecule has 19 heavy (non-hydrogen) atoms. The second kappa shape index (κ2) is 6.40. The molecular weight excluding hydrogens is 234 g/mol. The molecule has 0 amide bonds. The van der Waals surface area contributed by atoms with Crippen LogP contribution in [-0.4, -0.2) is 44.7 Å². The summed E-state index contributed by atoms with van der Waals surface area (Å²) in [5, 5.41) is 3.50. The largest absolute Gasteiger partial charge is 0.368 e. The van der Waals surface area contributed by atoms with E-state index in [9.17, 15) is 0 Å². The highest BCUT2D eigenvalue weighted by Crippen LogP contribution is 2.27. The van der Waals surface area contributed by atoms with E-state index in [1.165, 1.54) is 16.8 Å². The van der Waals surface area contributed by atoms with Gasteiger partial charge in [0.15, 0.2) is 0 Å². The van der Waals surface area contributed by atoms with Gasteiger partial charge in [-0.1, -0.05) is 12.1 Å². The van der Waals surface area contributed by atoms with Gasteiger partial charge in [-0.15, -0.1) is 0 Å². The number of likely N-dealkylation sites (N-methyl/N-ethyl adjacent to an activating group) is 2. The number of hydrogen-bond acceptors (Lipinski definition) is 3. The number of fused-ring (bicyclic) bond motifs is 1. The summed E-state index contributed by atoms with van der Waals surface area (Å²) in [5.74, 6) is 0. The molecule has 1 N–H and O–H groups in total. The summed E-state index contributed by atoms with van der Waals surface area (Å²) < 4.78 is 0. The van der Waals surface area contributed by atoms with Crippen molar-refractivity contribution in [2.75, 3.05) is 38.6 Å². The summed E-state index contributed by atoms with van der Waals surface area (Å²) in [6.07, 6.45) is 1.16. The molecule has 0 saturated carbocycles. The van der Waals surface area contributed by atoms with Gasteiger partial charge in [-0.25, -0.2) is 0 Å². The molecule has 3 nitrogen and oxygen atoms in total. The van der Waals surface area contributed by atoms with E-state index in [4.69, 9.17) is 0 Å². The lowest BCUT2D eigenvalue weighted by Gasteiger charge is -2.35. The standard InChI is InChI=1S/C16H27N3/c1-5-19(13(2)12-18(3)4)16-8-6-7-14-9-10-17-11-15(14)16/h6-8,13,17H,5,9-12H2,1-4H3. The molecule has 2 rings (SSSR count). The van der Waals surface area contributed by atoms with E-state index in [2.05, 4.69) is 61.3 Å². The Kier molecular flexibility index (Phi) is 4.83. The van der Waals surface area contributed by atoms with Crippen LogP contribution in [0.4, 0.5) is 5.69 Å². The minimum Gasteiger partial charge on any atom is -0.368 e.